The fourth-order valence-electron chi connectivity index (χ4n) is 3.48. The fourth-order valence-corrected chi connectivity index (χ4v) is 5.26. The number of nitrogens with one attached hydrogen (secondary N) is 1. The molecule has 0 atom stereocenters. The number of imidazole rings is 1. The minimum Gasteiger partial charge on any atom is -0.337 e. The lowest BCUT2D eigenvalue weighted by Crippen LogP contribution is -1.86. The number of nitrogens with zero attached hydrogens (tertiary/aromatic N) is 3. The summed E-state index contributed by atoms with van der Waals surface area (Å²) >= 11 is 3.51. The normalized spacial score (nSPS) is 11.7. The highest BCUT2D eigenvalue weighted by atomic mass is 32.1. The van der Waals surface area contributed by atoms with E-state index in [-0.39, 0.29) is 0 Å². The van der Waals surface area contributed by atoms with Crippen LogP contribution in [-0.2, 0) is 0 Å². The van der Waals surface area contributed by atoms with Crippen LogP contribution < -0.4 is 0 Å². The molecule has 0 radical (unpaired) electrons. The van der Waals surface area contributed by atoms with Gasteiger partial charge in [-0.3, -0.25) is 9.97 Å². The maximum atomic E-state index is 4.95. The zero-order valence-electron chi connectivity index (χ0n) is 14.0. The molecule has 5 aromatic heterocycles. The smallest absolute Gasteiger partial charge is 0.148 e. The lowest BCUT2D eigenvalue weighted by molar-refractivity contribution is 1.36. The molecule has 0 amide bonds. The quantitative estimate of drug-likeness (QED) is 0.366. The predicted octanol–water partition coefficient (Wildman–Crippen LogP) is 6.12. The first-order valence-corrected chi connectivity index (χ1v) is 10.2. The van der Waals surface area contributed by atoms with Crippen LogP contribution in [-0.4, -0.2) is 19.9 Å². The van der Waals surface area contributed by atoms with Gasteiger partial charge in [0.25, 0.3) is 0 Å². The maximum absolute atomic E-state index is 4.95. The summed E-state index contributed by atoms with van der Waals surface area (Å²) in [7, 11) is 0. The van der Waals surface area contributed by atoms with Gasteiger partial charge in [0.05, 0.1) is 26.9 Å². The van der Waals surface area contributed by atoms with E-state index in [4.69, 9.17) is 4.98 Å². The maximum Gasteiger partial charge on any atom is 0.148 e. The van der Waals surface area contributed by atoms with E-state index in [1.807, 2.05) is 24.5 Å². The van der Waals surface area contributed by atoms with Crippen molar-refractivity contribution in [1.29, 1.82) is 0 Å². The van der Waals surface area contributed by atoms with Crippen molar-refractivity contribution in [3.05, 3.63) is 66.3 Å². The molecule has 0 aliphatic rings. The topological polar surface area (TPSA) is 54.5 Å². The van der Waals surface area contributed by atoms with Crippen molar-refractivity contribution in [1.82, 2.24) is 19.9 Å². The molecule has 0 saturated carbocycles. The van der Waals surface area contributed by atoms with Crippen LogP contribution in [0.15, 0.2) is 66.3 Å². The summed E-state index contributed by atoms with van der Waals surface area (Å²) in [5, 5.41) is 4.18. The van der Waals surface area contributed by atoms with E-state index in [1.54, 1.807) is 22.7 Å². The number of thiophene rings is 2. The zero-order chi connectivity index (χ0) is 17.8. The molecule has 4 nitrogen and oxygen atoms in total. The fraction of sp³-hybridized carbons (Fsp3) is 0. The Labute approximate surface area is 162 Å². The molecule has 0 aliphatic heterocycles. The Bertz CT molecular complexity index is 1350. The summed E-state index contributed by atoms with van der Waals surface area (Å²) in [5.41, 5.74) is 3.75. The Morgan fingerprint density at radius 3 is 2.30 bits per heavy atom. The van der Waals surface area contributed by atoms with Crippen molar-refractivity contribution in [3.8, 4) is 20.5 Å². The number of hydrogen-bond acceptors (Lipinski definition) is 5. The molecule has 1 aromatic carbocycles. The average Bonchev–Trinajstić information content (AvgIpc) is 3.47. The number of aromatic amines is 1. The van der Waals surface area contributed by atoms with Crippen molar-refractivity contribution in [2.45, 2.75) is 0 Å². The lowest BCUT2D eigenvalue weighted by Gasteiger charge is -2.03. The van der Waals surface area contributed by atoms with E-state index < -0.39 is 0 Å². The van der Waals surface area contributed by atoms with Crippen molar-refractivity contribution in [2.75, 3.05) is 0 Å². The van der Waals surface area contributed by atoms with Gasteiger partial charge in [-0.25, -0.2) is 4.98 Å². The van der Waals surface area contributed by atoms with Crippen LogP contribution in [0.2, 0.25) is 0 Å². The average molecular weight is 384 g/mol. The molecule has 0 fully saturated rings. The van der Waals surface area contributed by atoms with Crippen LogP contribution in [0.4, 0.5) is 0 Å². The minimum atomic E-state index is 0.888. The molecule has 6 aromatic rings. The van der Waals surface area contributed by atoms with Crippen LogP contribution in [0.25, 0.3) is 53.3 Å². The van der Waals surface area contributed by atoms with Gasteiger partial charge in [-0.1, -0.05) is 6.07 Å². The van der Waals surface area contributed by atoms with E-state index >= 15 is 0 Å². The van der Waals surface area contributed by atoms with Crippen molar-refractivity contribution in [2.24, 2.45) is 0 Å². The van der Waals surface area contributed by atoms with Crippen LogP contribution in [0.5, 0.6) is 0 Å². The first-order valence-electron chi connectivity index (χ1n) is 8.54. The van der Waals surface area contributed by atoms with Crippen LogP contribution in [0.1, 0.15) is 0 Å². The monoisotopic (exact) mass is 384 g/mol. The van der Waals surface area contributed by atoms with Crippen molar-refractivity contribution < 1.29 is 0 Å². The van der Waals surface area contributed by atoms with Crippen molar-refractivity contribution in [3.63, 3.8) is 0 Å². The summed E-state index contributed by atoms with van der Waals surface area (Å²) in [4.78, 5) is 21.3. The number of hydrogen-bond donors (Lipinski definition) is 1. The van der Waals surface area contributed by atoms with Gasteiger partial charge in [-0.05, 0) is 47.8 Å². The number of H-pyrrole nitrogens is 1. The van der Waals surface area contributed by atoms with E-state index in [0.29, 0.717) is 0 Å². The number of fused-ring (bicyclic) bond motifs is 6. The third-order valence-electron chi connectivity index (χ3n) is 4.67. The molecule has 6 rings (SSSR count). The summed E-state index contributed by atoms with van der Waals surface area (Å²) in [6.07, 6.45) is 3.62. The number of benzene rings is 1. The van der Waals surface area contributed by atoms with Gasteiger partial charge >= 0.3 is 0 Å². The third-order valence-corrected chi connectivity index (χ3v) is 6.83. The van der Waals surface area contributed by atoms with Crippen LogP contribution in [0, 0.1) is 0 Å². The Morgan fingerprint density at radius 1 is 0.704 bits per heavy atom. The zero-order valence-corrected chi connectivity index (χ0v) is 15.6. The second-order valence-electron chi connectivity index (χ2n) is 6.25. The van der Waals surface area contributed by atoms with E-state index in [0.717, 1.165) is 43.5 Å². The Morgan fingerprint density at radius 2 is 1.48 bits per heavy atom. The molecule has 0 saturated heterocycles. The Balaban J connectivity index is 1.64. The molecule has 6 heteroatoms. The summed E-state index contributed by atoms with van der Waals surface area (Å²) in [5.74, 6) is 0.888. The predicted molar refractivity (Wildman–Crippen MR) is 113 cm³/mol. The molecule has 0 bridgehead atoms. The summed E-state index contributed by atoms with van der Waals surface area (Å²) in [6.45, 7) is 0. The highest BCUT2D eigenvalue weighted by Crippen LogP contribution is 2.38. The molecule has 5 heterocycles. The molecule has 0 unspecified atom stereocenters. The van der Waals surface area contributed by atoms with E-state index in [9.17, 15) is 0 Å². The standard InChI is InChI=1S/C21H12N4S2/c1-4-12-17(22-9-1)18-13(5-2-10-23-18)20-19(12)24-21(25-20)16-8-7-15(27-16)14-6-3-11-26-14/h1-11H,(H,24,25). The van der Waals surface area contributed by atoms with Gasteiger partial charge in [0.15, 0.2) is 0 Å². The second kappa shape index (κ2) is 5.70. The number of rotatable bonds is 2. The number of aromatic nitrogens is 4. The molecule has 1 N–H and O–H groups in total. The lowest BCUT2D eigenvalue weighted by atomic mass is 10.1. The summed E-state index contributed by atoms with van der Waals surface area (Å²) < 4.78 is 0. The number of pyridine rings is 2. The van der Waals surface area contributed by atoms with Gasteiger partial charge in [0, 0.05) is 32.9 Å². The largest absolute Gasteiger partial charge is 0.337 e. The first-order chi connectivity index (χ1) is 13.4. The first kappa shape index (κ1) is 15.0. The van der Waals surface area contributed by atoms with Gasteiger partial charge in [-0.15, -0.1) is 22.7 Å². The molecule has 27 heavy (non-hydrogen) atoms. The Kier molecular flexibility index (Phi) is 3.17. The Hall–Kier alpha value is -3.09. The van der Waals surface area contributed by atoms with Gasteiger partial charge in [0.2, 0.25) is 0 Å². The SMILES string of the molecule is c1csc(-c2ccc(-c3nc4c5cccnc5c5ncccc5c4[nH]3)s2)c1. The second-order valence-corrected chi connectivity index (χ2v) is 8.28. The minimum absolute atomic E-state index is 0.888. The third kappa shape index (κ3) is 2.24. The van der Waals surface area contributed by atoms with Crippen LogP contribution in [0.3, 0.4) is 0 Å². The van der Waals surface area contributed by atoms with Crippen LogP contribution >= 0.6 is 22.7 Å². The van der Waals surface area contributed by atoms with Gasteiger partial charge in [-0.2, -0.15) is 0 Å². The van der Waals surface area contributed by atoms with Gasteiger partial charge < -0.3 is 4.98 Å². The molecular formula is C21H12N4S2. The molecule has 0 aliphatic carbocycles. The van der Waals surface area contributed by atoms with E-state index in [2.05, 4.69) is 56.7 Å². The molecule has 128 valence electrons. The molecule has 0 spiro atoms. The highest BCUT2D eigenvalue weighted by molar-refractivity contribution is 7.23. The summed E-state index contributed by atoms with van der Waals surface area (Å²) in [6, 6.07) is 16.6. The van der Waals surface area contributed by atoms with E-state index in [1.165, 1.54) is 9.75 Å². The van der Waals surface area contributed by atoms with Gasteiger partial charge in [0.1, 0.15) is 5.82 Å². The van der Waals surface area contributed by atoms with Crippen molar-refractivity contribution >= 4 is 55.5 Å². The highest BCUT2D eigenvalue weighted by Gasteiger charge is 2.16. The molecular weight excluding hydrogens is 372 g/mol.